The van der Waals surface area contributed by atoms with Gasteiger partial charge in [-0.25, -0.2) is 4.79 Å². The van der Waals surface area contributed by atoms with Crippen LogP contribution in [-0.2, 0) is 11.2 Å². The van der Waals surface area contributed by atoms with E-state index < -0.39 is 12.1 Å². The number of carboxylic acid groups (broad SMARTS) is 1. The molecule has 0 radical (unpaired) electrons. The Morgan fingerprint density at radius 2 is 1.82 bits per heavy atom. The molecule has 2 rings (SSSR count). The Labute approximate surface area is 134 Å². The lowest BCUT2D eigenvalue weighted by Gasteiger charge is -2.16. The SMILES string of the molecule is COc1ccc(CC(Oc2ccc(Cl)c(C)c2)C(=O)O)cc1. The van der Waals surface area contributed by atoms with Gasteiger partial charge in [0.25, 0.3) is 0 Å². The third kappa shape index (κ3) is 4.15. The van der Waals surface area contributed by atoms with Crippen molar-refractivity contribution in [3.63, 3.8) is 0 Å². The Morgan fingerprint density at radius 3 is 2.36 bits per heavy atom. The molecule has 0 aliphatic rings. The summed E-state index contributed by atoms with van der Waals surface area (Å²) in [5, 5.41) is 9.96. The average molecular weight is 321 g/mol. The molecule has 0 bridgehead atoms. The first-order valence-electron chi connectivity index (χ1n) is 6.78. The molecule has 0 spiro atoms. The average Bonchev–Trinajstić information content (AvgIpc) is 2.51. The van der Waals surface area contributed by atoms with Gasteiger partial charge in [0.1, 0.15) is 11.5 Å². The van der Waals surface area contributed by atoms with Crippen molar-refractivity contribution in [3.8, 4) is 11.5 Å². The maximum absolute atomic E-state index is 11.4. The number of halogens is 1. The second-order valence-electron chi connectivity index (χ2n) is 4.91. The van der Waals surface area contributed by atoms with Crippen LogP contribution in [0.3, 0.4) is 0 Å². The van der Waals surface area contributed by atoms with Crippen molar-refractivity contribution in [1.82, 2.24) is 0 Å². The summed E-state index contributed by atoms with van der Waals surface area (Å²) in [7, 11) is 1.58. The highest BCUT2D eigenvalue weighted by Crippen LogP contribution is 2.23. The molecule has 0 aliphatic carbocycles. The Morgan fingerprint density at radius 1 is 1.18 bits per heavy atom. The van der Waals surface area contributed by atoms with Gasteiger partial charge in [0.2, 0.25) is 0 Å². The molecule has 2 aromatic rings. The first kappa shape index (κ1) is 16.2. The molecule has 116 valence electrons. The van der Waals surface area contributed by atoms with Crippen LogP contribution in [0.1, 0.15) is 11.1 Å². The highest BCUT2D eigenvalue weighted by Gasteiger charge is 2.20. The number of hydrogen-bond donors (Lipinski definition) is 1. The van der Waals surface area contributed by atoms with E-state index in [2.05, 4.69) is 0 Å². The van der Waals surface area contributed by atoms with Gasteiger partial charge in [0.05, 0.1) is 7.11 Å². The van der Waals surface area contributed by atoms with E-state index in [0.717, 1.165) is 16.9 Å². The molecule has 5 heteroatoms. The van der Waals surface area contributed by atoms with Gasteiger partial charge in [-0.15, -0.1) is 0 Å². The predicted octanol–water partition coefficient (Wildman–Crippen LogP) is 3.73. The van der Waals surface area contributed by atoms with Crippen LogP contribution in [0.4, 0.5) is 0 Å². The van der Waals surface area contributed by atoms with Crippen LogP contribution in [0.15, 0.2) is 42.5 Å². The Balaban J connectivity index is 2.12. The smallest absolute Gasteiger partial charge is 0.345 e. The van der Waals surface area contributed by atoms with Crippen LogP contribution in [0.25, 0.3) is 0 Å². The Kier molecular flexibility index (Phi) is 5.28. The Bertz CT molecular complexity index is 652. The van der Waals surface area contributed by atoms with E-state index in [0.29, 0.717) is 10.8 Å². The number of hydrogen-bond acceptors (Lipinski definition) is 3. The molecule has 1 unspecified atom stereocenters. The van der Waals surface area contributed by atoms with Crippen molar-refractivity contribution in [2.24, 2.45) is 0 Å². The first-order chi connectivity index (χ1) is 10.5. The monoisotopic (exact) mass is 320 g/mol. The fourth-order valence-electron chi connectivity index (χ4n) is 2.01. The van der Waals surface area contributed by atoms with E-state index in [1.807, 2.05) is 19.1 Å². The highest BCUT2D eigenvalue weighted by molar-refractivity contribution is 6.31. The normalized spacial score (nSPS) is 11.8. The summed E-state index contributed by atoms with van der Waals surface area (Å²) in [5.41, 5.74) is 1.70. The molecule has 0 aromatic heterocycles. The molecular formula is C17H17ClO4. The van der Waals surface area contributed by atoms with Crippen molar-refractivity contribution in [1.29, 1.82) is 0 Å². The van der Waals surface area contributed by atoms with Gasteiger partial charge in [-0.2, -0.15) is 0 Å². The van der Waals surface area contributed by atoms with Gasteiger partial charge in [0.15, 0.2) is 6.10 Å². The summed E-state index contributed by atoms with van der Waals surface area (Å²) in [6.07, 6.45) is -0.699. The second-order valence-corrected chi connectivity index (χ2v) is 5.32. The van der Waals surface area contributed by atoms with Gasteiger partial charge in [-0.05, 0) is 48.4 Å². The predicted molar refractivity (Wildman–Crippen MR) is 84.9 cm³/mol. The number of ether oxygens (including phenoxy) is 2. The first-order valence-corrected chi connectivity index (χ1v) is 7.16. The van der Waals surface area contributed by atoms with Crippen molar-refractivity contribution in [2.75, 3.05) is 7.11 Å². The number of rotatable bonds is 6. The third-order valence-corrected chi connectivity index (χ3v) is 3.69. The van der Waals surface area contributed by atoms with Crippen LogP contribution >= 0.6 is 11.6 Å². The van der Waals surface area contributed by atoms with E-state index in [4.69, 9.17) is 21.1 Å². The fraction of sp³-hybridized carbons (Fsp3) is 0.235. The summed E-state index contributed by atoms with van der Waals surface area (Å²) in [6, 6.07) is 12.3. The van der Waals surface area contributed by atoms with Gasteiger partial charge in [-0.3, -0.25) is 0 Å². The number of aliphatic carboxylic acids is 1. The van der Waals surface area contributed by atoms with Gasteiger partial charge in [0, 0.05) is 11.4 Å². The van der Waals surface area contributed by atoms with Gasteiger partial charge < -0.3 is 14.6 Å². The van der Waals surface area contributed by atoms with Crippen molar-refractivity contribution >= 4 is 17.6 Å². The second kappa shape index (κ2) is 7.18. The van der Waals surface area contributed by atoms with Crippen LogP contribution in [0.5, 0.6) is 11.5 Å². The van der Waals surface area contributed by atoms with E-state index in [-0.39, 0.29) is 6.42 Å². The molecule has 0 amide bonds. The minimum atomic E-state index is -1.01. The van der Waals surface area contributed by atoms with E-state index in [1.165, 1.54) is 0 Å². The minimum absolute atomic E-state index is 0.265. The van der Waals surface area contributed by atoms with Crippen LogP contribution in [-0.4, -0.2) is 24.3 Å². The summed E-state index contributed by atoms with van der Waals surface area (Å²) in [4.78, 5) is 11.4. The molecular weight excluding hydrogens is 304 g/mol. The quantitative estimate of drug-likeness (QED) is 0.881. The number of aryl methyl sites for hydroxylation is 1. The molecule has 0 aliphatic heterocycles. The van der Waals surface area contributed by atoms with Crippen LogP contribution < -0.4 is 9.47 Å². The molecule has 22 heavy (non-hydrogen) atoms. The molecule has 1 N–H and O–H groups in total. The lowest BCUT2D eigenvalue weighted by molar-refractivity contribution is -0.145. The number of carbonyl (C=O) groups is 1. The van der Waals surface area contributed by atoms with E-state index in [9.17, 15) is 9.90 Å². The zero-order chi connectivity index (χ0) is 16.1. The zero-order valence-electron chi connectivity index (χ0n) is 12.4. The highest BCUT2D eigenvalue weighted by atomic mass is 35.5. The molecule has 2 aromatic carbocycles. The lowest BCUT2D eigenvalue weighted by atomic mass is 10.1. The summed E-state index contributed by atoms with van der Waals surface area (Å²) >= 11 is 5.95. The fourth-order valence-corrected chi connectivity index (χ4v) is 2.13. The van der Waals surface area contributed by atoms with Crippen molar-refractivity contribution < 1.29 is 19.4 Å². The van der Waals surface area contributed by atoms with Gasteiger partial charge >= 0.3 is 5.97 Å². The molecule has 0 saturated carbocycles. The van der Waals surface area contributed by atoms with Crippen molar-refractivity contribution in [2.45, 2.75) is 19.4 Å². The van der Waals surface area contributed by atoms with Gasteiger partial charge in [-0.1, -0.05) is 23.7 Å². The van der Waals surface area contributed by atoms with Crippen LogP contribution in [0.2, 0.25) is 5.02 Å². The minimum Gasteiger partial charge on any atom is -0.497 e. The molecule has 0 fully saturated rings. The molecule has 4 nitrogen and oxygen atoms in total. The van der Waals surface area contributed by atoms with Crippen LogP contribution in [0, 0.1) is 6.92 Å². The summed E-state index contributed by atoms with van der Waals surface area (Å²) < 4.78 is 10.7. The third-order valence-electron chi connectivity index (χ3n) is 3.26. The maximum Gasteiger partial charge on any atom is 0.345 e. The molecule has 1 atom stereocenters. The Hall–Kier alpha value is -2.20. The topological polar surface area (TPSA) is 55.8 Å². The largest absolute Gasteiger partial charge is 0.497 e. The summed E-state index contributed by atoms with van der Waals surface area (Å²) in [6.45, 7) is 1.84. The molecule has 0 heterocycles. The lowest BCUT2D eigenvalue weighted by Crippen LogP contribution is -2.29. The number of carboxylic acids is 1. The maximum atomic E-state index is 11.4. The van der Waals surface area contributed by atoms with E-state index in [1.54, 1.807) is 37.4 Å². The number of methoxy groups -OCH3 is 1. The summed E-state index contributed by atoms with van der Waals surface area (Å²) in [5.74, 6) is 0.205. The standard InChI is InChI=1S/C17H17ClO4/c1-11-9-14(7-8-15(11)18)22-16(17(19)20)10-12-3-5-13(21-2)6-4-12/h3-9,16H,10H2,1-2H3,(H,19,20). The van der Waals surface area contributed by atoms with E-state index >= 15 is 0 Å². The van der Waals surface area contributed by atoms with Crippen molar-refractivity contribution in [3.05, 3.63) is 58.6 Å². The zero-order valence-corrected chi connectivity index (χ0v) is 13.1. The number of benzene rings is 2. The molecule has 0 saturated heterocycles.